The summed E-state index contributed by atoms with van der Waals surface area (Å²) in [6.07, 6.45) is 111. The summed E-state index contributed by atoms with van der Waals surface area (Å²) in [5, 5.41) is 23.5. The van der Waals surface area contributed by atoms with Gasteiger partial charge in [0.05, 0.1) is 25.4 Å². The zero-order valence-electron chi connectivity index (χ0n) is 63.7. The molecule has 0 aromatic heterocycles. The van der Waals surface area contributed by atoms with Crippen LogP contribution in [0.15, 0.2) is 48.6 Å². The minimum atomic E-state index is -0.664. The number of hydrogen-bond donors (Lipinski definition) is 3. The summed E-state index contributed by atoms with van der Waals surface area (Å²) in [6, 6.07) is -0.541. The van der Waals surface area contributed by atoms with Gasteiger partial charge in [-0.1, -0.05) is 422 Å². The Labute approximate surface area is 588 Å². The fourth-order valence-electron chi connectivity index (χ4n) is 13.6. The molecule has 6 nitrogen and oxygen atoms in total. The monoisotopic (exact) mass is 1320 g/mol. The number of ether oxygens (including phenoxy) is 1. The number of rotatable bonds is 81. The Morgan fingerprint density at radius 2 is 0.532 bits per heavy atom. The van der Waals surface area contributed by atoms with Crippen LogP contribution >= 0.6 is 0 Å². The summed E-state index contributed by atoms with van der Waals surface area (Å²) < 4.78 is 5.50. The first-order valence-corrected chi connectivity index (χ1v) is 42.9. The standard InChI is InChI=1S/C88H167NO5/c1-3-5-7-9-11-13-15-17-19-21-22-23-43-46-49-52-56-60-64-68-72-76-80-86(91)85(84-90)89-87(92)81-77-73-69-65-61-57-53-50-47-44-41-39-37-35-33-31-29-27-25-24-26-28-30-32-34-36-38-40-42-45-48-51-55-59-63-67-71-75-79-83-94-88(93)82-78-74-70-66-62-58-54-20-18-16-14-12-10-8-6-4-2/h14,16,20,24-25,28,30,54,85-86,90-91H,3-13,15,17-19,21-23,26-27,29,31-53,55-84H2,1-2H3,(H,89,92)/b16-14-,25-24-,30-28-,54-20-. The number of nitrogens with one attached hydrogen (secondary N) is 1. The molecule has 3 N–H and O–H groups in total. The summed E-state index contributed by atoms with van der Waals surface area (Å²) in [7, 11) is 0. The van der Waals surface area contributed by atoms with E-state index in [9.17, 15) is 19.8 Å². The van der Waals surface area contributed by atoms with Crippen molar-refractivity contribution in [3.05, 3.63) is 48.6 Å². The van der Waals surface area contributed by atoms with Crippen LogP contribution in [0.2, 0.25) is 0 Å². The number of carbonyl (C=O) groups excluding carboxylic acids is 2. The molecule has 0 aliphatic rings. The number of esters is 1. The lowest BCUT2D eigenvalue weighted by Gasteiger charge is -2.22. The molecule has 554 valence electrons. The van der Waals surface area contributed by atoms with Crippen LogP contribution in [0, 0.1) is 0 Å². The maximum absolute atomic E-state index is 12.6. The van der Waals surface area contributed by atoms with Crippen LogP contribution in [0.5, 0.6) is 0 Å². The largest absolute Gasteiger partial charge is 0.466 e. The van der Waals surface area contributed by atoms with Crippen molar-refractivity contribution in [1.82, 2.24) is 5.32 Å². The Morgan fingerprint density at radius 1 is 0.298 bits per heavy atom. The predicted octanol–water partition coefficient (Wildman–Crippen LogP) is 28.7. The molecule has 2 atom stereocenters. The summed E-state index contributed by atoms with van der Waals surface area (Å²) in [6.45, 7) is 4.98. The molecule has 94 heavy (non-hydrogen) atoms. The number of allylic oxidation sites excluding steroid dienone is 8. The van der Waals surface area contributed by atoms with Gasteiger partial charge in [-0.15, -0.1) is 0 Å². The van der Waals surface area contributed by atoms with E-state index in [0.717, 1.165) is 57.8 Å². The van der Waals surface area contributed by atoms with E-state index in [1.807, 2.05) is 0 Å². The number of amides is 1. The molecule has 0 rings (SSSR count). The van der Waals surface area contributed by atoms with Crippen molar-refractivity contribution in [3.63, 3.8) is 0 Å². The summed E-state index contributed by atoms with van der Waals surface area (Å²) in [5.41, 5.74) is 0. The van der Waals surface area contributed by atoms with Crippen molar-refractivity contribution >= 4 is 11.9 Å². The van der Waals surface area contributed by atoms with Gasteiger partial charge >= 0.3 is 5.97 Å². The molecule has 0 radical (unpaired) electrons. The third-order valence-corrected chi connectivity index (χ3v) is 20.1. The third-order valence-electron chi connectivity index (χ3n) is 20.1. The molecule has 0 saturated carbocycles. The highest BCUT2D eigenvalue weighted by molar-refractivity contribution is 5.76. The molecular weight excluding hydrogens is 1150 g/mol. The predicted molar refractivity (Wildman–Crippen MR) is 416 cm³/mol. The van der Waals surface area contributed by atoms with Crippen molar-refractivity contribution < 1.29 is 24.5 Å². The van der Waals surface area contributed by atoms with Gasteiger partial charge in [-0.05, 0) is 89.9 Å². The Morgan fingerprint density at radius 3 is 0.819 bits per heavy atom. The zero-order valence-corrected chi connectivity index (χ0v) is 63.7. The molecule has 0 fully saturated rings. The second kappa shape index (κ2) is 83.2. The van der Waals surface area contributed by atoms with E-state index < -0.39 is 12.1 Å². The number of aliphatic hydroxyl groups excluding tert-OH is 2. The highest BCUT2D eigenvalue weighted by atomic mass is 16.5. The van der Waals surface area contributed by atoms with E-state index >= 15 is 0 Å². The normalized spacial score (nSPS) is 12.7. The molecule has 6 heteroatoms. The Balaban J connectivity index is 3.36. The van der Waals surface area contributed by atoms with Gasteiger partial charge in [-0.3, -0.25) is 9.59 Å². The smallest absolute Gasteiger partial charge is 0.305 e. The third kappa shape index (κ3) is 78.8. The van der Waals surface area contributed by atoms with Crippen molar-refractivity contribution in [2.75, 3.05) is 13.2 Å². The van der Waals surface area contributed by atoms with Crippen molar-refractivity contribution in [2.45, 2.75) is 488 Å². The molecule has 0 spiro atoms. The second-order valence-corrected chi connectivity index (χ2v) is 29.5. The van der Waals surface area contributed by atoms with Gasteiger partial charge in [0, 0.05) is 12.8 Å². The first-order valence-electron chi connectivity index (χ1n) is 42.9. The average molecular weight is 1320 g/mol. The van der Waals surface area contributed by atoms with Gasteiger partial charge in [0.2, 0.25) is 5.91 Å². The molecular formula is C88H167NO5. The second-order valence-electron chi connectivity index (χ2n) is 29.5. The lowest BCUT2D eigenvalue weighted by Crippen LogP contribution is -2.45. The average Bonchev–Trinajstić information content (AvgIpc) is 3.68. The van der Waals surface area contributed by atoms with Crippen molar-refractivity contribution in [3.8, 4) is 0 Å². The number of aliphatic hydroxyl groups is 2. The van der Waals surface area contributed by atoms with E-state index in [1.54, 1.807) is 0 Å². The van der Waals surface area contributed by atoms with Crippen LogP contribution in [-0.4, -0.2) is 47.4 Å². The quantitative estimate of drug-likeness (QED) is 0.0320. The van der Waals surface area contributed by atoms with Crippen LogP contribution in [0.3, 0.4) is 0 Å². The number of hydrogen-bond acceptors (Lipinski definition) is 5. The van der Waals surface area contributed by atoms with Crippen molar-refractivity contribution in [1.29, 1.82) is 0 Å². The molecule has 0 aromatic carbocycles. The maximum atomic E-state index is 12.6. The molecule has 0 aromatic rings. The molecule has 0 saturated heterocycles. The van der Waals surface area contributed by atoms with Gasteiger partial charge in [-0.2, -0.15) is 0 Å². The van der Waals surface area contributed by atoms with E-state index in [2.05, 4.69) is 67.8 Å². The Hall–Kier alpha value is -2.18. The zero-order chi connectivity index (χ0) is 67.7. The Kier molecular flexibility index (Phi) is 81.3. The topological polar surface area (TPSA) is 95.9 Å². The maximum Gasteiger partial charge on any atom is 0.305 e. The minimum absolute atomic E-state index is 0.00740. The number of carbonyl (C=O) groups is 2. The van der Waals surface area contributed by atoms with Crippen LogP contribution in [0.4, 0.5) is 0 Å². The molecule has 0 heterocycles. The first kappa shape index (κ1) is 91.8. The fourth-order valence-corrected chi connectivity index (χ4v) is 13.6. The fraction of sp³-hybridized carbons (Fsp3) is 0.886. The highest BCUT2D eigenvalue weighted by Gasteiger charge is 2.20. The van der Waals surface area contributed by atoms with Crippen LogP contribution in [-0.2, 0) is 14.3 Å². The van der Waals surface area contributed by atoms with Gasteiger partial charge in [0.15, 0.2) is 0 Å². The Bertz CT molecular complexity index is 1570. The lowest BCUT2D eigenvalue weighted by molar-refractivity contribution is -0.143. The minimum Gasteiger partial charge on any atom is -0.466 e. The summed E-state index contributed by atoms with van der Waals surface area (Å²) >= 11 is 0. The van der Waals surface area contributed by atoms with Gasteiger partial charge < -0.3 is 20.3 Å². The summed E-state index contributed by atoms with van der Waals surface area (Å²) in [5.74, 6) is -0.0192. The molecule has 0 aliphatic heterocycles. The molecule has 0 bridgehead atoms. The highest BCUT2D eigenvalue weighted by Crippen LogP contribution is 2.20. The van der Waals surface area contributed by atoms with Crippen LogP contribution < -0.4 is 5.32 Å². The van der Waals surface area contributed by atoms with Crippen molar-refractivity contribution in [2.24, 2.45) is 0 Å². The van der Waals surface area contributed by atoms with E-state index in [4.69, 9.17) is 4.74 Å². The number of unbranched alkanes of at least 4 members (excludes halogenated alkanes) is 62. The molecule has 1 amide bonds. The molecule has 2 unspecified atom stereocenters. The van der Waals surface area contributed by atoms with Gasteiger partial charge in [0.25, 0.3) is 0 Å². The summed E-state index contributed by atoms with van der Waals surface area (Å²) in [4.78, 5) is 24.7. The van der Waals surface area contributed by atoms with Crippen LogP contribution in [0.1, 0.15) is 476 Å². The lowest BCUT2D eigenvalue weighted by atomic mass is 10.0. The van der Waals surface area contributed by atoms with Gasteiger partial charge in [-0.25, -0.2) is 0 Å². The molecule has 0 aliphatic carbocycles. The SMILES string of the molecule is CCCCCC/C=C\C/C=C\CCCCCCCC(=O)OCCCCCCCCCCCCCCCCC/C=C\C/C=C\CCCCCCCCCCCCCCCCCCCC(=O)NC(CO)C(O)CCCCCCCCCCCCCCCCCCCCCCCC. The van der Waals surface area contributed by atoms with E-state index in [0.29, 0.717) is 25.9 Å². The van der Waals surface area contributed by atoms with E-state index in [1.165, 1.54) is 385 Å². The van der Waals surface area contributed by atoms with E-state index in [-0.39, 0.29) is 18.5 Å². The van der Waals surface area contributed by atoms with Gasteiger partial charge in [0.1, 0.15) is 0 Å². The van der Waals surface area contributed by atoms with Crippen LogP contribution in [0.25, 0.3) is 0 Å². The first-order chi connectivity index (χ1) is 46.5.